The summed E-state index contributed by atoms with van der Waals surface area (Å²) >= 11 is 0. The van der Waals surface area contributed by atoms with E-state index in [9.17, 15) is 0 Å². The summed E-state index contributed by atoms with van der Waals surface area (Å²) in [7, 11) is 2.97. The molecule has 0 N–H and O–H groups in total. The van der Waals surface area contributed by atoms with Crippen molar-refractivity contribution in [2.24, 2.45) is 0 Å². The van der Waals surface area contributed by atoms with Crippen LogP contribution in [0.1, 0.15) is 36.8 Å². The van der Waals surface area contributed by atoms with Gasteiger partial charge in [-0.25, -0.2) is 0 Å². The Hall–Kier alpha value is -4.24. The Morgan fingerprint density at radius 3 is 1.36 bits per heavy atom. The highest BCUT2D eigenvalue weighted by molar-refractivity contribution is 5.18. The van der Waals surface area contributed by atoms with Crippen molar-refractivity contribution < 1.29 is 60.2 Å². The number of hydrogen-bond acceptors (Lipinski definition) is 9. The van der Waals surface area contributed by atoms with Crippen LogP contribution in [0.15, 0.2) is 134 Å². The molecule has 0 aliphatic carbocycles. The van der Waals surface area contributed by atoms with Gasteiger partial charge in [-0.15, -0.1) is 13.2 Å². The van der Waals surface area contributed by atoms with E-state index in [1.165, 1.54) is 26.4 Å². The van der Waals surface area contributed by atoms with Crippen LogP contribution in [0.5, 0.6) is 0 Å². The van der Waals surface area contributed by atoms with Gasteiger partial charge in [0.05, 0.1) is 52.2 Å². The molecule has 2 aromatic rings. The van der Waals surface area contributed by atoms with Crippen molar-refractivity contribution in [1.29, 1.82) is 0 Å². The van der Waals surface area contributed by atoms with E-state index in [-0.39, 0.29) is 52.5 Å². The van der Waals surface area contributed by atoms with Crippen molar-refractivity contribution in [2.75, 3.05) is 54.2 Å². The zero-order valence-electron chi connectivity index (χ0n) is 31.6. The molecule has 2 atom stereocenters. The zero-order valence-corrected chi connectivity index (χ0v) is 31.6. The average molecular weight is 779 g/mol. The Balaban J connectivity index is 2.37. The fourth-order valence-corrected chi connectivity index (χ4v) is 4.50. The largest absolute Gasteiger partial charge is 0.473 e. The smallest absolute Gasteiger partial charge is 0.332 e. The molecule has 0 heterocycles. The molecule has 0 saturated heterocycles. The van der Waals surface area contributed by atoms with E-state index in [0.29, 0.717) is 24.0 Å². The number of ether oxygens (including phenoxy) is 9. The fourth-order valence-electron chi connectivity index (χ4n) is 4.50. The SMILES string of the molecule is C=CCCC=C(OCOCCOC)C(F)(F)C(C=COC=CC(OCc1ccccc1)C(F)(F)C(=CCCC=C)OCOCCOC)OCc1ccccc1. The van der Waals surface area contributed by atoms with Gasteiger partial charge in [0, 0.05) is 14.2 Å². The van der Waals surface area contributed by atoms with Crippen LogP contribution < -0.4 is 0 Å². The van der Waals surface area contributed by atoms with Gasteiger partial charge in [-0.3, -0.25) is 0 Å². The van der Waals surface area contributed by atoms with Gasteiger partial charge in [-0.1, -0.05) is 72.8 Å². The lowest BCUT2D eigenvalue weighted by molar-refractivity contribution is -0.143. The first-order valence-electron chi connectivity index (χ1n) is 17.8. The van der Waals surface area contributed by atoms with Crippen LogP contribution >= 0.6 is 0 Å². The Morgan fingerprint density at radius 2 is 1.00 bits per heavy atom. The quantitative estimate of drug-likeness (QED) is 0.0237. The molecular formula is C42H54F4O9. The van der Waals surface area contributed by atoms with Gasteiger partial charge in [0.25, 0.3) is 0 Å². The van der Waals surface area contributed by atoms with Crippen molar-refractivity contribution in [3.05, 3.63) is 145 Å². The van der Waals surface area contributed by atoms with E-state index < -0.39 is 49.2 Å². The molecule has 9 nitrogen and oxygen atoms in total. The van der Waals surface area contributed by atoms with E-state index >= 15 is 17.6 Å². The minimum Gasteiger partial charge on any atom is -0.473 e. The number of hydrogen-bond donors (Lipinski definition) is 0. The topological polar surface area (TPSA) is 83.1 Å². The Labute approximate surface area is 322 Å². The van der Waals surface area contributed by atoms with Gasteiger partial charge in [0.15, 0.2) is 37.3 Å². The van der Waals surface area contributed by atoms with Gasteiger partial charge < -0.3 is 42.6 Å². The highest BCUT2D eigenvalue weighted by Crippen LogP contribution is 2.35. The van der Waals surface area contributed by atoms with E-state index in [4.69, 9.17) is 42.6 Å². The normalized spacial score (nSPS) is 13.9. The van der Waals surface area contributed by atoms with Crippen LogP contribution in [0.2, 0.25) is 0 Å². The predicted molar refractivity (Wildman–Crippen MR) is 202 cm³/mol. The Bertz CT molecular complexity index is 1330. The number of halogens is 4. The molecule has 0 aliphatic heterocycles. The summed E-state index contributed by atoms with van der Waals surface area (Å²) in [5, 5.41) is 0. The van der Waals surface area contributed by atoms with Gasteiger partial charge in [-0.05, 0) is 61.1 Å². The number of benzene rings is 2. The summed E-state index contributed by atoms with van der Waals surface area (Å²) in [6, 6.07) is 17.5. The van der Waals surface area contributed by atoms with E-state index in [2.05, 4.69) is 13.2 Å². The third kappa shape index (κ3) is 18.8. The van der Waals surface area contributed by atoms with E-state index in [1.54, 1.807) is 72.8 Å². The highest BCUT2D eigenvalue weighted by Gasteiger charge is 2.46. The lowest BCUT2D eigenvalue weighted by atomic mass is 10.1. The lowest BCUT2D eigenvalue weighted by Gasteiger charge is -2.27. The molecule has 0 amide bonds. The lowest BCUT2D eigenvalue weighted by Crippen LogP contribution is -2.38. The first-order valence-corrected chi connectivity index (χ1v) is 17.8. The Kier molecular flexibility index (Phi) is 24.1. The molecule has 0 aliphatic rings. The van der Waals surface area contributed by atoms with Crippen molar-refractivity contribution in [3.63, 3.8) is 0 Å². The standard InChI is InChI=1S/C42H54F4O9/c1-5-7-11-21-37(54-33-50-29-27-47-3)41(43,44)39(52-31-35-17-13-9-14-18-35)23-25-49-26-24-40(53-32-36-19-15-10-16-20-36)42(45,46)38(22-12-8-6-2)55-34-51-30-28-48-4/h5-6,9-10,13-26,39-40H,1-2,7-8,11-12,27-34H2,3-4H3. The molecule has 304 valence electrons. The number of alkyl halides is 4. The number of allylic oxidation sites excluding steroid dienone is 4. The van der Waals surface area contributed by atoms with Crippen LogP contribution in [0.25, 0.3) is 0 Å². The van der Waals surface area contributed by atoms with Crippen LogP contribution in [-0.4, -0.2) is 78.3 Å². The van der Waals surface area contributed by atoms with E-state index in [1.807, 2.05) is 0 Å². The molecule has 0 spiro atoms. The minimum absolute atomic E-state index is 0.130. The van der Waals surface area contributed by atoms with Gasteiger partial charge in [0.1, 0.15) is 0 Å². The summed E-state index contributed by atoms with van der Waals surface area (Å²) < 4.78 is 113. The average Bonchev–Trinajstić information content (AvgIpc) is 3.19. The minimum atomic E-state index is -3.72. The summed E-state index contributed by atoms with van der Waals surface area (Å²) in [5.41, 5.74) is 1.28. The number of rotatable bonds is 32. The Morgan fingerprint density at radius 1 is 0.600 bits per heavy atom. The maximum Gasteiger partial charge on any atom is 0.332 e. The van der Waals surface area contributed by atoms with Crippen molar-refractivity contribution in [1.82, 2.24) is 0 Å². The molecule has 13 heteroatoms. The van der Waals surface area contributed by atoms with Gasteiger partial charge in [-0.2, -0.15) is 17.6 Å². The zero-order chi connectivity index (χ0) is 40.0. The molecule has 2 unspecified atom stereocenters. The molecule has 0 aromatic heterocycles. The second-order valence-electron chi connectivity index (χ2n) is 11.7. The molecule has 0 bridgehead atoms. The molecule has 0 fully saturated rings. The summed E-state index contributed by atoms with van der Waals surface area (Å²) in [6.07, 6.45) is 6.91. The fraction of sp³-hybridized carbons (Fsp3) is 0.429. The number of unbranched alkanes of at least 4 members (excludes halogenated alkanes) is 2. The van der Waals surface area contributed by atoms with E-state index in [0.717, 1.165) is 24.7 Å². The summed E-state index contributed by atoms with van der Waals surface area (Å²) in [5.74, 6) is -8.79. The van der Waals surface area contributed by atoms with Crippen molar-refractivity contribution in [3.8, 4) is 0 Å². The van der Waals surface area contributed by atoms with Crippen molar-refractivity contribution in [2.45, 2.75) is 63.0 Å². The van der Waals surface area contributed by atoms with Gasteiger partial charge in [0.2, 0.25) is 0 Å². The highest BCUT2D eigenvalue weighted by atomic mass is 19.3. The maximum atomic E-state index is 16.2. The molecular weight excluding hydrogens is 724 g/mol. The van der Waals surface area contributed by atoms with Crippen LogP contribution in [0.4, 0.5) is 17.6 Å². The molecule has 0 saturated carbocycles. The maximum absolute atomic E-state index is 16.2. The van der Waals surface area contributed by atoms with Crippen LogP contribution in [-0.2, 0) is 55.8 Å². The summed E-state index contributed by atoms with van der Waals surface area (Å²) in [4.78, 5) is 0. The molecule has 2 aromatic carbocycles. The predicted octanol–water partition coefficient (Wildman–Crippen LogP) is 9.45. The first-order chi connectivity index (χ1) is 26.7. The molecule has 0 radical (unpaired) electrons. The number of methoxy groups -OCH3 is 2. The second-order valence-corrected chi connectivity index (χ2v) is 11.7. The van der Waals surface area contributed by atoms with Crippen LogP contribution in [0.3, 0.4) is 0 Å². The molecule has 55 heavy (non-hydrogen) atoms. The van der Waals surface area contributed by atoms with Crippen LogP contribution in [0, 0.1) is 0 Å². The monoisotopic (exact) mass is 778 g/mol. The second kappa shape index (κ2) is 28.2. The van der Waals surface area contributed by atoms with Gasteiger partial charge >= 0.3 is 11.8 Å². The summed E-state index contributed by atoms with van der Waals surface area (Å²) in [6.45, 7) is 6.77. The van der Waals surface area contributed by atoms with Crippen molar-refractivity contribution >= 4 is 0 Å². The third-order valence-electron chi connectivity index (χ3n) is 7.44. The third-order valence-corrected chi connectivity index (χ3v) is 7.44. The molecule has 2 rings (SSSR count). The first kappa shape index (κ1) is 46.9.